The van der Waals surface area contributed by atoms with E-state index in [0.29, 0.717) is 0 Å². The molecule has 0 spiro atoms. The van der Waals surface area contributed by atoms with Gasteiger partial charge in [-0.15, -0.1) is 0 Å². The number of H-pyrrole nitrogens is 1. The SMILES string of the molecule is Nc1cccc2c(Sc3ccccc3)c[nH]c12. The van der Waals surface area contributed by atoms with Gasteiger partial charge in [0.25, 0.3) is 0 Å². The van der Waals surface area contributed by atoms with Crippen molar-refractivity contribution in [1.29, 1.82) is 0 Å². The molecular formula is C14H12N2S. The lowest BCUT2D eigenvalue weighted by Crippen LogP contribution is -1.84. The molecule has 0 fully saturated rings. The maximum atomic E-state index is 5.92. The fourth-order valence-corrected chi connectivity index (χ4v) is 2.80. The number of nitrogens with two attached hydrogens (primary N) is 1. The van der Waals surface area contributed by atoms with Gasteiger partial charge in [0, 0.05) is 21.4 Å². The molecule has 3 rings (SSSR count). The number of fused-ring (bicyclic) bond motifs is 1. The highest BCUT2D eigenvalue weighted by atomic mass is 32.2. The minimum atomic E-state index is 0.794. The Hall–Kier alpha value is -1.87. The average molecular weight is 240 g/mol. The standard InChI is InChI=1S/C14H12N2S/c15-12-8-4-7-11-13(9-16-14(11)12)17-10-5-2-1-3-6-10/h1-9,16H,15H2. The number of rotatable bonds is 2. The molecule has 3 N–H and O–H groups in total. The van der Waals surface area contributed by atoms with Crippen LogP contribution in [0, 0.1) is 0 Å². The molecular weight excluding hydrogens is 228 g/mol. The Morgan fingerprint density at radius 1 is 0.941 bits per heavy atom. The number of aromatic amines is 1. The van der Waals surface area contributed by atoms with E-state index in [9.17, 15) is 0 Å². The van der Waals surface area contributed by atoms with Crippen molar-refractivity contribution >= 4 is 28.4 Å². The highest BCUT2D eigenvalue weighted by Crippen LogP contribution is 2.34. The summed E-state index contributed by atoms with van der Waals surface area (Å²) in [4.78, 5) is 5.67. The molecule has 3 aromatic rings. The van der Waals surface area contributed by atoms with Crippen molar-refractivity contribution in [3.05, 3.63) is 54.7 Å². The Kier molecular flexibility index (Phi) is 2.53. The minimum Gasteiger partial charge on any atom is -0.397 e. The van der Waals surface area contributed by atoms with Gasteiger partial charge in [0.15, 0.2) is 0 Å². The number of nitrogen functional groups attached to an aromatic ring is 1. The average Bonchev–Trinajstić information content (AvgIpc) is 2.76. The highest BCUT2D eigenvalue weighted by Gasteiger charge is 2.06. The van der Waals surface area contributed by atoms with Gasteiger partial charge in [-0.25, -0.2) is 0 Å². The summed E-state index contributed by atoms with van der Waals surface area (Å²) < 4.78 is 0. The first-order valence-electron chi connectivity index (χ1n) is 5.43. The molecule has 0 amide bonds. The van der Waals surface area contributed by atoms with Gasteiger partial charge >= 0.3 is 0 Å². The lowest BCUT2D eigenvalue weighted by molar-refractivity contribution is 1.39. The summed E-state index contributed by atoms with van der Waals surface area (Å²) in [5.41, 5.74) is 7.74. The monoisotopic (exact) mass is 240 g/mol. The van der Waals surface area contributed by atoms with E-state index in [-0.39, 0.29) is 0 Å². The third kappa shape index (κ3) is 1.89. The molecule has 0 atom stereocenters. The lowest BCUT2D eigenvalue weighted by Gasteiger charge is -2.00. The number of benzene rings is 2. The van der Waals surface area contributed by atoms with E-state index in [4.69, 9.17) is 5.73 Å². The van der Waals surface area contributed by atoms with E-state index in [1.54, 1.807) is 11.8 Å². The number of hydrogen-bond donors (Lipinski definition) is 2. The summed E-state index contributed by atoms with van der Waals surface area (Å²) in [7, 11) is 0. The molecule has 0 aliphatic heterocycles. The zero-order chi connectivity index (χ0) is 11.7. The fraction of sp³-hybridized carbons (Fsp3) is 0. The topological polar surface area (TPSA) is 41.8 Å². The Morgan fingerprint density at radius 2 is 1.76 bits per heavy atom. The van der Waals surface area contributed by atoms with Crippen molar-refractivity contribution in [3.63, 3.8) is 0 Å². The molecule has 84 valence electrons. The van der Waals surface area contributed by atoms with Crippen LogP contribution in [0.15, 0.2) is 64.5 Å². The Balaban J connectivity index is 2.05. The van der Waals surface area contributed by atoms with Gasteiger partial charge in [0.1, 0.15) is 0 Å². The Labute approximate surface area is 104 Å². The lowest BCUT2D eigenvalue weighted by atomic mass is 10.2. The van der Waals surface area contributed by atoms with E-state index in [1.807, 2.05) is 36.5 Å². The number of hydrogen-bond acceptors (Lipinski definition) is 2. The smallest absolute Gasteiger partial charge is 0.0699 e. The van der Waals surface area contributed by atoms with Crippen LogP contribution < -0.4 is 5.73 Å². The van der Waals surface area contributed by atoms with Gasteiger partial charge in [-0.3, -0.25) is 0 Å². The number of para-hydroxylation sites is 1. The summed E-state index contributed by atoms with van der Waals surface area (Å²) in [6, 6.07) is 16.3. The van der Waals surface area contributed by atoms with Crippen LogP contribution in [0.3, 0.4) is 0 Å². The van der Waals surface area contributed by atoms with Gasteiger partial charge < -0.3 is 10.7 Å². The zero-order valence-electron chi connectivity index (χ0n) is 9.18. The normalized spacial score (nSPS) is 10.8. The first-order chi connectivity index (χ1) is 8.34. The van der Waals surface area contributed by atoms with Gasteiger partial charge in [-0.2, -0.15) is 0 Å². The van der Waals surface area contributed by atoms with E-state index < -0.39 is 0 Å². The van der Waals surface area contributed by atoms with Crippen LogP contribution in [-0.4, -0.2) is 4.98 Å². The highest BCUT2D eigenvalue weighted by molar-refractivity contribution is 7.99. The zero-order valence-corrected chi connectivity index (χ0v) is 10.00. The van der Waals surface area contributed by atoms with Crippen LogP contribution in [0.4, 0.5) is 5.69 Å². The second kappa shape index (κ2) is 4.18. The number of aromatic nitrogens is 1. The molecule has 0 unspecified atom stereocenters. The molecule has 2 nitrogen and oxygen atoms in total. The maximum Gasteiger partial charge on any atom is 0.0699 e. The van der Waals surface area contributed by atoms with E-state index in [2.05, 4.69) is 23.2 Å². The second-order valence-corrected chi connectivity index (χ2v) is 4.95. The van der Waals surface area contributed by atoms with Crippen molar-refractivity contribution in [2.75, 3.05) is 5.73 Å². The van der Waals surface area contributed by atoms with Gasteiger partial charge in [-0.1, -0.05) is 42.1 Å². The van der Waals surface area contributed by atoms with Crippen LogP contribution in [0.5, 0.6) is 0 Å². The van der Waals surface area contributed by atoms with Gasteiger partial charge in [0.05, 0.1) is 11.2 Å². The van der Waals surface area contributed by atoms with Crippen molar-refractivity contribution < 1.29 is 0 Å². The van der Waals surface area contributed by atoms with E-state index in [1.165, 1.54) is 15.2 Å². The molecule has 17 heavy (non-hydrogen) atoms. The molecule has 0 saturated carbocycles. The molecule has 1 aromatic heterocycles. The van der Waals surface area contributed by atoms with Crippen molar-refractivity contribution in [1.82, 2.24) is 4.98 Å². The number of nitrogens with one attached hydrogen (secondary N) is 1. The summed E-state index contributed by atoms with van der Waals surface area (Å²) in [5, 5.41) is 1.18. The summed E-state index contributed by atoms with van der Waals surface area (Å²) in [6.45, 7) is 0. The molecule has 1 heterocycles. The molecule has 0 bridgehead atoms. The fourth-order valence-electron chi connectivity index (χ4n) is 1.85. The molecule has 0 aliphatic rings. The van der Waals surface area contributed by atoms with Crippen molar-refractivity contribution in [2.45, 2.75) is 9.79 Å². The molecule has 0 saturated heterocycles. The summed E-state index contributed by atoms with van der Waals surface area (Å²) in [6.07, 6.45) is 2.01. The second-order valence-electron chi connectivity index (χ2n) is 3.84. The third-order valence-electron chi connectivity index (χ3n) is 2.68. The van der Waals surface area contributed by atoms with E-state index in [0.717, 1.165) is 11.2 Å². The maximum absolute atomic E-state index is 5.92. The Bertz CT molecular complexity index is 644. The van der Waals surface area contributed by atoms with Crippen LogP contribution in [0.25, 0.3) is 10.9 Å². The quantitative estimate of drug-likeness (QED) is 0.667. The van der Waals surface area contributed by atoms with Crippen LogP contribution >= 0.6 is 11.8 Å². The first kappa shape index (κ1) is 10.3. The summed E-state index contributed by atoms with van der Waals surface area (Å²) >= 11 is 1.75. The Morgan fingerprint density at radius 3 is 2.59 bits per heavy atom. The molecule has 0 radical (unpaired) electrons. The van der Waals surface area contributed by atoms with Crippen LogP contribution in [0.1, 0.15) is 0 Å². The molecule has 0 aliphatic carbocycles. The van der Waals surface area contributed by atoms with Crippen LogP contribution in [-0.2, 0) is 0 Å². The number of anilines is 1. The predicted octanol–water partition coefficient (Wildman–Crippen LogP) is 3.90. The van der Waals surface area contributed by atoms with E-state index >= 15 is 0 Å². The molecule has 2 aromatic carbocycles. The van der Waals surface area contributed by atoms with Crippen LogP contribution in [0.2, 0.25) is 0 Å². The predicted molar refractivity (Wildman–Crippen MR) is 73.3 cm³/mol. The van der Waals surface area contributed by atoms with Crippen molar-refractivity contribution in [3.8, 4) is 0 Å². The first-order valence-corrected chi connectivity index (χ1v) is 6.25. The largest absolute Gasteiger partial charge is 0.397 e. The van der Waals surface area contributed by atoms with Gasteiger partial charge in [0.2, 0.25) is 0 Å². The minimum absolute atomic E-state index is 0.794. The third-order valence-corrected chi connectivity index (χ3v) is 3.75. The molecule has 3 heteroatoms. The summed E-state index contributed by atoms with van der Waals surface area (Å²) in [5.74, 6) is 0. The van der Waals surface area contributed by atoms with Gasteiger partial charge in [-0.05, 0) is 18.2 Å². The van der Waals surface area contributed by atoms with Crippen molar-refractivity contribution in [2.24, 2.45) is 0 Å².